The minimum Gasteiger partial charge on any atom is -0.481 e. The first-order valence-electron chi connectivity index (χ1n) is 3.17. The second-order valence-corrected chi connectivity index (χ2v) is 2.22. The molecule has 0 amide bonds. The van der Waals surface area contributed by atoms with E-state index in [9.17, 15) is 4.79 Å². The van der Waals surface area contributed by atoms with E-state index < -0.39 is 12.0 Å². The maximum Gasteiger partial charge on any atom is 0.305 e. The summed E-state index contributed by atoms with van der Waals surface area (Å²) in [7, 11) is 0. The monoisotopic (exact) mass is 191 g/mol. The summed E-state index contributed by atoms with van der Waals surface area (Å²) in [5.74, 6) is -0.910. The first kappa shape index (κ1) is 10.9. The molecule has 5 nitrogen and oxygen atoms in total. The molecule has 1 aromatic rings. The Morgan fingerprint density at radius 1 is 1.83 bits per heavy atom. The SMILES string of the molecule is Cl.NC(CC(=O)O)c1ccn[nH]1. The first-order chi connectivity index (χ1) is 5.20. The summed E-state index contributed by atoms with van der Waals surface area (Å²) >= 11 is 0. The van der Waals surface area contributed by atoms with Gasteiger partial charge in [-0.2, -0.15) is 5.10 Å². The van der Waals surface area contributed by atoms with Crippen LogP contribution in [0.3, 0.4) is 0 Å². The second-order valence-electron chi connectivity index (χ2n) is 2.22. The molecule has 0 aliphatic rings. The van der Waals surface area contributed by atoms with Crippen LogP contribution in [0.25, 0.3) is 0 Å². The van der Waals surface area contributed by atoms with Crippen molar-refractivity contribution in [1.29, 1.82) is 0 Å². The number of aromatic nitrogens is 2. The topological polar surface area (TPSA) is 92.0 Å². The Kier molecular flexibility index (Phi) is 4.31. The highest BCUT2D eigenvalue weighted by Crippen LogP contribution is 2.08. The molecule has 0 saturated carbocycles. The number of carbonyl (C=O) groups is 1. The first-order valence-corrected chi connectivity index (χ1v) is 3.17. The lowest BCUT2D eigenvalue weighted by Gasteiger charge is -2.03. The largest absolute Gasteiger partial charge is 0.481 e. The van der Waals surface area contributed by atoms with Crippen molar-refractivity contribution in [2.45, 2.75) is 12.5 Å². The zero-order valence-electron chi connectivity index (χ0n) is 6.23. The maximum atomic E-state index is 10.2. The molecule has 0 bridgehead atoms. The lowest BCUT2D eigenvalue weighted by atomic mass is 10.1. The van der Waals surface area contributed by atoms with Crippen LogP contribution in [-0.2, 0) is 4.79 Å². The highest BCUT2D eigenvalue weighted by molar-refractivity contribution is 5.85. The molecule has 1 heterocycles. The average molecular weight is 192 g/mol. The van der Waals surface area contributed by atoms with Gasteiger partial charge in [-0.15, -0.1) is 12.4 Å². The lowest BCUT2D eigenvalue weighted by Crippen LogP contribution is -2.15. The van der Waals surface area contributed by atoms with Crippen LogP contribution >= 0.6 is 12.4 Å². The van der Waals surface area contributed by atoms with E-state index in [1.807, 2.05) is 0 Å². The van der Waals surface area contributed by atoms with E-state index in [4.69, 9.17) is 10.8 Å². The molecule has 0 aliphatic heterocycles. The Hall–Kier alpha value is -1.07. The summed E-state index contributed by atoms with van der Waals surface area (Å²) in [6.45, 7) is 0. The standard InChI is InChI=1S/C6H9N3O2.ClH/c7-4(3-6(10)11)5-1-2-8-9-5;/h1-2,4H,3,7H2,(H,8,9)(H,10,11);1H. The third-order valence-electron chi connectivity index (χ3n) is 1.32. The fourth-order valence-corrected chi connectivity index (χ4v) is 0.771. The summed E-state index contributed by atoms with van der Waals surface area (Å²) < 4.78 is 0. The minimum absolute atomic E-state index is 0. The third kappa shape index (κ3) is 2.89. The molecule has 68 valence electrons. The molecule has 4 N–H and O–H groups in total. The van der Waals surface area contributed by atoms with Gasteiger partial charge in [-0.3, -0.25) is 9.89 Å². The number of aromatic amines is 1. The van der Waals surface area contributed by atoms with Crippen LogP contribution in [0, 0.1) is 0 Å². The van der Waals surface area contributed by atoms with Crippen LogP contribution in [-0.4, -0.2) is 21.3 Å². The molecule has 0 radical (unpaired) electrons. The molecule has 1 aromatic heterocycles. The van der Waals surface area contributed by atoms with Gasteiger partial charge in [-0.05, 0) is 6.07 Å². The van der Waals surface area contributed by atoms with Crippen LogP contribution in [0.15, 0.2) is 12.3 Å². The van der Waals surface area contributed by atoms with E-state index in [1.54, 1.807) is 6.07 Å². The van der Waals surface area contributed by atoms with Gasteiger partial charge in [0, 0.05) is 6.20 Å². The number of carboxylic acid groups (broad SMARTS) is 1. The Labute approximate surface area is 75.4 Å². The van der Waals surface area contributed by atoms with Crippen molar-refractivity contribution >= 4 is 18.4 Å². The molecule has 6 heteroatoms. The predicted molar refractivity (Wildman–Crippen MR) is 45.0 cm³/mol. The quantitative estimate of drug-likeness (QED) is 0.641. The summed E-state index contributed by atoms with van der Waals surface area (Å²) in [5, 5.41) is 14.6. The van der Waals surface area contributed by atoms with E-state index in [0.717, 1.165) is 0 Å². The van der Waals surface area contributed by atoms with Gasteiger partial charge >= 0.3 is 5.97 Å². The van der Waals surface area contributed by atoms with Gasteiger partial charge in [0.2, 0.25) is 0 Å². The second kappa shape index (κ2) is 4.74. The zero-order valence-corrected chi connectivity index (χ0v) is 7.04. The van der Waals surface area contributed by atoms with Gasteiger partial charge in [-0.1, -0.05) is 0 Å². The molecule has 1 atom stereocenters. The van der Waals surface area contributed by atoms with Gasteiger partial charge in [0.15, 0.2) is 0 Å². The number of nitrogens with zero attached hydrogens (tertiary/aromatic N) is 1. The fourth-order valence-electron chi connectivity index (χ4n) is 0.771. The molecule has 1 rings (SSSR count). The Balaban J connectivity index is 0.00000121. The summed E-state index contributed by atoms with van der Waals surface area (Å²) in [5.41, 5.74) is 6.13. The highest BCUT2D eigenvalue weighted by atomic mass is 35.5. The third-order valence-corrected chi connectivity index (χ3v) is 1.32. The normalized spacial score (nSPS) is 11.8. The number of carboxylic acids is 1. The van der Waals surface area contributed by atoms with Crippen LogP contribution < -0.4 is 5.73 Å². The van der Waals surface area contributed by atoms with Gasteiger partial charge in [0.05, 0.1) is 18.2 Å². The van der Waals surface area contributed by atoms with Crippen LogP contribution in [0.4, 0.5) is 0 Å². The van der Waals surface area contributed by atoms with Gasteiger partial charge < -0.3 is 10.8 Å². The molecule has 1 unspecified atom stereocenters. The molecule has 12 heavy (non-hydrogen) atoms. The number of rotatable bonds is 3. The van der Waals surface area contributed by atoms with Crippen LogP contribution in [0.2, 0.25) is 0 Å². The van der Waals surface area contributed by atoms with Gasteiger partial charge in [0.25, 0.3) is 0 Å². The molecular weight excluding hydrogens is 182 g/mol. The average Bonchev–Trinajstić information content (AvgIpc) is 2.35. The van der Waals surface area contributed by atoms with E-state index in [2.05, 4.69) is 10.2 Å². The molecule has 0 saturated heterocycles. The molecule has 0 aromatic carbocycles. The van der Waals surface area contributed by atoms with Crippen molar-refractivity contribution < 1.29 is 9.90 Å². The number of hydrogen-bond donors (Lipinski definition) is 3. The molecule has 0 spiro atoms. The Morgan fingerprint density at radius 2 is 2.50 bits per heavy atom. The minimum atomic E-state index is -0.910. The molecule has 0 fully saturated rings. The molecular formula is C6H10ClN3O2. The Morgan fingerprint density at radius 3 is 2.92 bits per heavy atom. The molecule has 0 aliphatic carbocycles. The predicted octanol–water partition coefficient (Wildman–Crippen LogP) is 0.306. The van der Waals surface area contributed by atoms with E-state index in [1.165, 1.54) is 6.20 Å². The van der Waals surface area contributed by atoms with E-state index in [0.29, 0.717) is 5.69 Å². The van der Waals surface area contributed by atoms with Crippen molar-refractivity contribution in [2.75, 3.05) is 0 Å². The fraction of sp³-hybridized carbons (Fsp3) is 0.333. The van der Waals surface area contributed by atoms with Gasteiger partial charge in [-0.25, -0.2) is 0 Å². The Bertz CT molecular complexity index is 237. The highest BCUT2D eigenvalue weighted by Gasteiger charge is 2.10. The van der Waals surface area contributed by atoms with E-state index in [-0.39, 0.29) is 18.8 Å². The van der Waals surface area contributed by atoms with E-state index >= 15 is 0 Å². The number of nitrogens with two attached hydrogens (primary N) is 1. The number of hydrogen-bond acceptors (Lipinski definition) is 3. The van der Waals surface area contributed by atoms with Gasteiger partial charge in [0.1, 0.15) is 0 Å². The zero-order chi connectivity index (χ0) is 8.27. The van der Waals surface area contributed by atoms with Crippen molar-refractivity contribution in [3.63, 3.8) is 0 Å². The number of H-pyrrole nitrogens is 1. The lowest BCUT2D eigenvalue weighted by molar-refractivity contribution is -0.137. The van der Waals surface area contributed by atoms with Crippen molar-refractivity contribution in [2.24, 2.45) is 5.73 Å². The summed E-state index contributed by atoms with van der Waals surface area (Å²) in [6, 6.07) is 1.17. The van der Waals surface area contributed by atoms with Crippen LogP contribution in [0.1, 0.15) is 18.2 Å². The smallest absolute Gasteiger partial charge is 0.305 e. The maximum absolute atomic E-state index is 10.2. The number of aliphatic carboxylic acids is 1. The summed E-state index contributed by atoms with van der Waals surface area (Å²) in [6.07, 6.45) is 1.46. The number of nitrogens with one attached hydrogen (secondary N) is 1. The van der Waals surface area contributed by atoms with Crippen molar-refractivity contribution in [3.8, 4) is 0 Å². The number of halogens is 1. The van der Waals surface area contributed by atoms with Crippen LogP contribution in [0.5, 0.6) is 0 Å². The van der Waals surface area contributed by atoms with Crippen molar-refractivity contribution in [1.82, 2.24) is 10.2 Å². The summed E-state index contributed by atoms with van der Waals surface area (Å²) in [4.78, 5) is 10.2. The van der Waals surface area contributed by atoms with Crippen molar-refractivity contribution in [3.05, 3.63) is 18.0 Å².